The van der Waals surface area contributed by atoms with E-state index in [2.05, 4.69) is 4.74 Å². The van der Waals surface area contributed by atoms with E-state index in [1.165, 1.54) is 38.3 Å². The summed E-state index contributed by atoms with van der Waals surface area (Å²) >= 11 is 0. The van der Waals surface area contributed by atoms with E-state index in [4.69, 9.17) is 9.47 Å². The molecule has 0 aliphatic carbocycles. The number of esters is 1. The van der Waals surface area contributed by atoms with Crippen LogP contribution in [-0.4, -0.2) is 31.3 Å². The minimum Gasteiger partial charge on any atom is -0.493 e. The van der Waals surface area contributed by atoms with Crippen LogP contribution < -0.4 is 9.47 Å². The van der Waals surface area contributed by atoms with Crippen LogP contribution in [0.2, 0.25) is 0 Å². The summed E-state index contributed by atoms with van der Waals surface area (Å²) in [4.78, 5) is 35.5. The lowest BCUT2D eigenvalue weighted by molar-refractivity contribution is -0.151. The fraction of sp³-hybridized carbons (Fsp3) is 0.235. The average molecular weight is 352 g/mol. The maximum absolute atomic E-state index is 12.4. The van der Waals surface area contributed by atoms with Gasteiger partial charge in [-0.3, -0.25) is 14.4 Å². The second-order valence-electron chi connectivity index (χ2n) is 5.04. The van der Waals surface area contributed by atoms with Crippen molar-refractivity contribution < 1.29 is 37.4 Å². The predicted octanol–water partition coefficient (Wildman–Crippen LogP) is 2.52. The first-order chi connectivity index (χ1) is 11.8. The molecule has 1 aromatic rings. The molecular formula is C17H14F2O6. The molecule has 2 rings (SSSR count). The monoisotopic (exact) mass is 352 g/mol. The number of rotatable bonds is 6. The fourth-order valence-corrected chi connectivity index (χ4v) is 2.16. The molecule has 0 spiro atoms. The molecule has 1 unspecified atom stereocenters. The van der Waals surface area contributed by atoms with Crippen LogP contribution in [0.15, 0.2) is 36.1 Å². The quantitative estimate of drug-likeness (QED) is 0.445. The Morgan fingerprint density at radius 2 is 2.00 bits per heavy atom. The summed E-state index contributed by atoms with van der Waals surface area (Å²) in [6, 6.07) is 4.11. The highest BCUT2D eigenvalue weighted by atomic mass is 19.3. The van der Waals surface area contributed by atoms with Gasteiger partial charge in [0.1, 0.15) is 5.76 Å². The van der Waals surface area contributed by atoms with Gasteiger partial charge in [-0.05, 0) is 30.7 Å². The highest BCUT2D eigenvalue weighted by Crippen LogP contribution is 2.30. The van der Waals surface area contributed by atoms with Gasteiger partial charge in [0.25, 0.3) is 0 Å². The van der Waals surface area contributed by atoms with Crippen LogP contribution in [0.4, 0.5) is 8.78 Å². The molecule has 132 valence electrons. The molecular weight excluding hydrogens is 338 g/mol. The summed E-state index contributed by atoms with van der Waals surface area (Å²) in [6.45, 7) is -1.62. The minimum atomic E-state index is -3.04. The van der Waals surface area contributed by atoms with Crippen LogP contribution in [0.5, 0.6) is 11.5 Å². The largest absolute Gasteiger partial charge is 0.493 e. The van der Waals surface area contributed by atoms with Crippen molar-refractivity contribution in [3.05, 3.63) is 41.7 Å². The number of carbonyl (C=O) groups is 3. The number of carbonyl (C=O) groups excluding carboxylic acids is 3. The van der Waals surface area contributed by atoms with E-state index in [1.54, 1.807) is 0 Å². The maximum atomic E-state index is 12.4. The predicted molar refractivity (Wildman–Crippen MR) is 82.0 cm³/mol. The van der Waals surface area contributed by atoms with Crippen molar-refractivity contribution in [2.75, 3.05) is 7.11 Å². The second kappa shape index (κ2) is 7.69. The molecule has 0 bridgehead atoms. The lowest BCUT2D eigenvalue weighted by Gasteiger charge is -2.15. The van der Waals surface area contributed by atoms with Crippen molar-refractivity contribution in [3.63, 3.8) is 0 Å². The number of allylic oxidation sites excluding steroid dienone is 3. The third-order valence-electron chi connectivity index (χ3n) is 3.26. The molecule has 8 heteroatoms. The molecule has 6 nitrogen and oxygen atoms in total. The number of benzene rings is 1. The number of ether oxygens (including phenoxy) is 3. The summed E-state index contributed by atoms with van der Waals surface area (Å²) in [5, 5.41) is 0. The van der Waals surface area contributed by atoms with Crippen molar-refractivity contribution in [1.29, 1.82) is 0 Å². The van der Waals surface area contributed by atoms with E-state index in [-0.39, 0.29) is 17.3 Å². The number of halogens is 2. The zero-order valence-electron chi connectivity index (χ0n) is 13.3. The first-order valence-corrected chi connectivity index (χ1v) is 7.10. The number of cyclic esters (lactones) is 1. The minimum absolute atomic E-state index is 0.0930. The third kappa shape index (κ3) is 4.50. The first kappa shape index (κ1) is 18.3. The molecule has 0 saturated carbocycles. The van der Waals surface area contributed by atoms with Crippen LogP contribution >= 0.6 is 0 Å². The van der Waals surface area contributed by atoms with Crippen LogP contribution in [0.3, 0.4) is 0 Å². The lowest BCUT2D eigenvalue weighted by atomic mass is 9.96. The highest BCUT2D eigenvalue weighted by Gasteiger charge is 2.36. The Bertz CT molecular complexity index is 766. The molecule has 0 amide bonds. The Labute approximate surface area is 141 Å². The Kier molecular flexibility index (Phi) is 5.63. The van der Waals surface area contributed by atoms with Gasteiger partial charge in [0.05, 0.1) is 7.11 Å². The smallest absolute Gasteiger partial charge is 0.387 e. The molecule has 1 aromatic carbocycles. The second-order valence-corrected chi connectivity index (χ2v) is 5.04. The molecule has 25 heavy (non-hydrogen) atoms. The summed E-state index contributed by atoms with van der Waals surface area (Å²) in [5.41, 5.74) is 0.341. The van der Waals surface area contributed by atoms with Gasteiger partial charge in [-0.2, -0.15) is 8.78 Å². The average Bonchev–Trinajstić information content (AvgIpc) is 2.51. The van der Waals surface area contributed by atoms with Crippen LogP contribution in [-0.2, 0) is 19.1 Å². The van der Waals surface area contributed by atoms with Crippen molar-refractivity contribution in [2.45, 2.75) is 13.5 Å². The van der Waals surface area contributed by atoms with Gasteiger partial charge in [-0.1, -0.05) is 12.1 Å². The first-order valence-electron chi connectivity index (χ1n) is 7.10. The number of hydrogen-bond donors (Lipinski definition) is 0. The van der Waals surface area contributed by atoms with Gasteiger partial charge in [0.2, 0.25) is 0 Å². The van der Waals surface area contributed by atoms with Gasteiger partial charge in [0, 0.05) is 6.08 Å². The summed E-state index contributed by atoms with van der Waals surface area (Å²) in [7, 11) is 1.29. The van der Waals surface area contributed by atoms with E-state index >= 15 is 0 Å². The standard InChI is InChI=1S/C17H14F2O6/c1-9-7-12(21)15(16(22)24-9)11(20)5-3-10-4-6-13(23-2)14(8-10)25-17(18)19/h3-8,15,17H,1-2H3/b5-3+. The van der Waals surface area contributed by atoms with Gasteiger partial charge in [0.15, 0.2) is 29.0 Å². The summed E-state index contributed by atoms with van der Waals surface area (Å²) in [5.74, 6) is -3.95. The number of alkyl halides is 2. The zero-order valence-corrected chi connectivity index (χ0v) is 13.3. The zero-order chi connectivity index (χ0) is 18.6. The molecule has 1 heterocycles. The number of ketones is 2. The fourth-order valence-electron chi connectivity index (χ4n) is 2.16. The molecule has 0 saturated heterocycles. The van der Waals surface area contributed by atoms with E-state index in [1.807, 2.05) is 0 Å². The van der Waals surface area contributed by atoms with Crippen molar-refractivity contribution in [3.8, 4) is 11.5 Å². The van der Waals surface area contributed by atoms with Crippen LogP contribution in [0, 0.1) is 5.92 Å². The molecule has 0 N–H and O–H groups in total. The molecule has 0 radical (unpaired) electrons. The Morgan fingerprint density at radius 1 is 1.28 bits per heavy atom. The van der Waals surface area contributed by atoms with Gasteiger partial charge in [-0.15, -0.1) is 0 Å². The molecule has 0 fully saturated rings. The number of methoxy groups -OCH3 is 1. The number of hydrogen-bond acceptors (Lipinski definition) is 6. The molecule has 1 aliphatic rings. The van der Waals surface area contributed by atoms with Gasteiger partial charge < -0.3 is 14.2 Å². The van der Waals surface area contributed by atoms with Crippen LogP contribution in [0.1, 0.15) is 12.5 Å². The van der Waals surface area contributed by atoms with E-state index in [9.17, 15) is 23.2 Å². The molecule has 1 aliphatic heterocycles. The summed E-state index contributed by atoms with van der Waals surface area (Å²) < 4.78 is 38.8. The molecule has 0 aromatic heterocycles. The normalized spacial score (nSPS) is 17.5. The van der Waals surface area contributed by atoms with Crippen molar-refractivity contribution in [2.24, 2.45) is 5.92 Å². The van der Waals surface area contributed by atoms with E-state index < -0.39 is 30.1 Å². The lowest BCUT2D eigenvalue weighted by Crippen LogP contribution is -2.34. The topological polar surface area (TPSA) is 78.9 Å². The van der Waals surface area contributed by atoms with Gasteiger partial charge in [-0.25, -0.2) is 0 Å². The SMILES string of the molecule is COc1ccc(/C=C/C(=O)C2C(=O)C=C(C)OC2=O)cc1OC(F)F. The van der Waals surface area contributed by atoms with E-state index in [0.717, 1.165) is 12.2 Å². The van der Waals surface area contributed by atoms with Gasteiger partial charge >= 0.3 is 12.6 Å². The Morgan fingerprint density at radius 3 is 2.60 bits per heavy atom. The van der Waals surface area contributed by atoms with Crippen molar-refractivity contribution in [1.82, 2.24) is 0 Å². The highest BCUT2D eigenvalue weighted by molar-refractivity contribution is 6.25. The third-order valence-corrected chi connectivity index (χ3v) is 3.26. The van der Waals surface area contributed by atoms with Crippen molar-refractivity contribution >= 4 is 23.6 Å². The Hall–Kier alpha value is -3.03. The Balaban J connectivity index is 2.20. The van der Waals surface area contributed by atoms with Crippen LogP contribution in [0.25, 0.3) is 6.08 Å². The summed E-state index contributed by atoms with van der Waals surface area (Å²) in [6.07, 6.45) is 3.35. The molecule has 1 atom stereocenters. The van der Waals surface area contributed by atoms with E-state index in [0.29, 0.717) is 5.56 Å². The maximum Gasteiger partial charge on any atom is 0.387 e.